The van der Waals surface area contributed by atoms with Crippen molar-refractivity contribution in [2.75, 3.05) is 0 Å². The maximum absolute atomic E-state index is 12.5. The summed E-state index contributed by atoms with van der Waals surface area (Å²) in [5.74, 6) is 0. The van der Waals surface area contributed by atoms with E-state index in [2.05, 4.69) is 22.2 Å². The second-order valence-corrected chi connectivity index (χ2v) is 3.30. The number of isothiocyanates is 1. The third-order valence-corrected chi connectivity index (χ3v) is 2.14. The second-order valence-electron chi connectivity index (χ2n) is 3.12. The van der Waals surface area contributed by atoms with Crippen LogP contribution in [0, 0.1) is 11.3 Å². The first kappa shape index (κ1) is 12.6. The number of hydrogen-bond acceptors (Lipinski definition) is 4. The molecule has 2 unspecified atom stereocenters. The maximum Gasteiger partial charge on any atom is 0.418 e. The number of aliphatic imine (C=N–C) groups is 2. The molecule has 0 fully saturated rings. The summed E-state index contributed by atoms with van der Waals surface area (Å²) in [5.41, 5.74) is -1.68. The highest BCUT2D eigenvalue weighted by Gasteiger charge is 2.40. The number of hydrogen-bond donors (Lipinski definition) is 0. The Morgan fingerprint density at radius 1 is 1.56 bits per heavy atom. The molecule has 1 aliphatic heterocycles. The molecule has 1 rings (SSSR count). The van der Waals surface area contributed by atoms with Crippen molar-refractivity contribution in [3.63, 3.8) is 0 Å². The summed E-state index contributed by atoms with van der Waals surface area (Å²) in [6.07, 6.45) is -3.75. The molecule has 1 heterocycles. The fraction of sp³-hybridized carbons (Fsp3) is 0.444. The maximum atomic E-state index is 12.5. The molecular formula is C9H6F3N3S. The number of dihydropyridines is 1. The van der Waals surface area contributed by atoms with Gasteiger partial charge < -0.3 is 0 Å². The van der Waals surface area contributed by atoms with E-state index < -0.39 is 29.5 Å². The molecule has 0 radical (unpaired) electrons. The molecule has 7 heteroatoms. The summed E-state index contributed by atoms with van der Waals surface area (Å²) in [6, 6.07) is 0.0683. The minimum atomic E-state index is -4.61. The zero-order chi connectivity index (χ0) is 12.3. The zero-order valence-electron chi connectivity index (χ0n) is 8.12. The van der Waals surface area contributed by atoms with Gasteiger partial charge in [-0.3, -0.25) is 4.99 Å². The van der Waals surface area contributed by atoms with Gasteiger partial charge in [-0.1, -0.05) is 0 Å². The van der Waals surface area contributed by atoms with Gasteiger partial charge in [0.2, 0.25) is 0 Å². The third-order valence-electron chi connectivity index (χ3n) is 2.03. The van der Waals surface area contributed by atoms with Gasteiger partial charge >= 0.3 is 6.18 Å². The van der Waals surface area contributed by atoms with E-state index in [1.807, 2.05) is 5.16 Å². The Balaban J connectivity index is 3.21. The third kappa shape index (κ3) is 2.54. The Morgan fingerprint density at radius 3 is 2.62 bits per heavy atom. The van der Waals surface area contributed by atoms with Crippen LogP contribution in [0.5, 0.6) is 0 Å². The predicted octanol–water partition coefficient (Wildman–Crippen LogP) is 2.31. The lowest BCUT2D eigenvalue weighted by atomic mass is 9.99. The van der Waals surface area contributed by atoms with Crippen molar-refractivity contribution in [3.8, 4) is 6.07 Å². The van der Waals surface area contributed by atoms with Crippen LogP contribution in [-0.2, 0) is 0 Å². The lowest BCUT2D eigenvalue weighted by Crippen LogP contribution is -2.30. The first-order chi connectivity index (χ1) is 7.40. The summed E-state index contributed by atoms with van der Waals surface area (Å²) in [4.78, 5) is 7.20. The molecule has 0 spiro atoms. The number of nitrogens with zero attached hydrogens (tertiary/aromatic N) is 3. The van der Waals surface area contributed by atoms with E-state index in [1.165, 1.54) is 6.07 Å². The monoisotopic (exact) mass is 245 g/mol. The number of alkyl halides is 3. The van der Waals surface area contributed by atoms with E-state index in [0.29, 0.717) is 0 Å². The molecule has 16 heavy (non-hydrogen) atoms. The van der Waals surface area contributed by atoms with Crippen molar-refractivity contribution in [1.82, 2.24) is 0 Å². The largest absolute Gasteiger partial charge is 0.418 e. The van der Waals surface area contributed by atoms with Crippen LogP contribution in [-0.4, -0.2) is 29.1 Å². The average molecular weight is 245 g/mol. The molecule has 0 aromatic rings. The van der Waals surface area contributed by atoms with Crippen molar-refractivity contribution in [2.45, 2.75) is 25.2 Å². The minimum Gasteiger partial charge on any atom is -0.268 e. The van der Waals surface area contributed by atoms with E-state index in [-0.39, 0.29) is 0 Å². The van der Waals surface area contributed by atoms with Crippen LogP contribution in [0.15, 0.2) is 21.6 Å². The van der Waals surface area contributed by atoms with Crippen molar-refractivity contribution < 1.29 is 13.2 Å². The van der Waals surface area contributed by atoms with Gasteiger partial charge in [0, 0.05) is 0 Å². The molecule has 0 N–H and O–H groups in total. The predicted molar refractivity (Wildman–Crippen MR) is 55.5 cm³/mol. The molecule has 0 aromatic heterocycles. The molecule has 1 aliphatic rings. The highest BCUT2D eigenvalue weighted by atomic mass is 32.1. The van der Waals surface area contributed by atoms with Gasteiger partial charge in [-0.2, -0.15) is 18.4 Å². The zero-order valence-corrected chi connectivity index (χ0v) is 8.93. The van der Waals surface area contributed by atoms with Crippen LogP contribution in [0.25, 0.3) is 0 Å². The van der Waals surface area contributed by atoms with Gasteiger partial charge in [0.15, 0.2) is 0 Å². The molecule has 84 valence electrons. The van der Waals surface area contributed by atoms with Crippen molar-refractivity contribution in [1.29, 1.82) is 5.26 Å². The normalized spacial score (nSPS) is 24.9. The van der Waals surface area contributed by atoms with E-state index in [4.69, 9.17) is 5.26 Å². The SMILES string of the molecule is CC1N=C(C#N)C(C(F)(F)F)=CC1N=C=S. The summed E-state index contributed by atoms with van der Waals surface area (Å²) in [5, 5.41) is 10.6. The van der Waals surface area contributed by atoms with E-state index >= 15 is 0 Å². The van der Waals surface area contributed by atoms with Gasteiger partial charge in [-0.25, -0.2) is 4.99 Å². The number of halogens is 3. The van der Waals surface area contributed by atoms with Crippen molar-refractivity contribution in [3.05, 3.63) is 11.6 Å². The standard InChI is InChI=1S/C9H6F3N3S/c1-5-7(14-4-16)2-6(9(10,11)12)8(3-13)15-5/h2,5,7H,1H3. The second kappa shape index (κ2) is 4.56. The number of allylic oxidation sites excluding steroid dienone is 1. The van der Waals surface area contributed by atoms with Crippen LogP contribution in [0.3, 0.4) is 0 Å². The quantitative estimate of drug-likeness (QED) is 0.525. The lowest BCUT2D eigenvalue weighted by Gasteiger charge is -2.21. The Kier molecular flexibility index (Phi) is 3.58. The molecule has 3 nitrogen and oxygen atoms in total. The smallest absolute Gasteiger partial charge is 0.268 e. The van der Waals surface area contributed by atoms with E-state index in [9.17, 15) is 13.2 Å². The van der Waals surface area contributed by atoms with Gasteiger partial charge in [0.1, 0.15) is 17.8 Å². The van der Waals surface area contributed by atoms with Crippen LogP contribution >= 0.6 is 12.2 Å². The average Bonchev–Trinajstić information content (AvgIpc) is 2.19. The van der Waals surface area contributed by atoms with Gasteiger partial charge in [-0.05, 0) is 25.2 Å². The summed E-state index contributed by atoms with van der Waals surface area (Å²) in [6.45, 7) is 1.56. The Hall–Kier alpha value is -1.51. The Bertz CT molecular complexity index is 438. The van der Waals surface area contributed by atoms with E-state index in [1.54, 1.807) is 6.92 Å². The van der Waals surface area contributed by atoms with Crippen LogP contribution in [0.2, 0.25) is 0 Å². The number of rotatable bonds is 1. The number of thiocarbonyl (C=S) groups is 1. The molecule has 0 aromatic carbocycles. The first-order valence-corrected chi connectivity index (χ1v) is 4.65. The Morgan fingerprint density at radius 2 is 2.19 bits per heavy atom. The highest BCUT2D eigenvalue weighted by Crippen LogP contribution is 2.30. The molecule has 0 amide bonds. The summed E-state index contributed by atoms with van der Waals surface area (Å²) in [7, 11) is 0. The van der Waals surface area contributed by atoms with Crippen LogP contribution in [0.1, 0.15) is 6.92 Å². The Labute approximate surface area is 95.0 Å². The minimum absolute atomic E-state index is 0.545. The highest BCUT2D eigenvalue weighted by molar-refractivity contribution is 7.78. The molecule has 0 aliphatic carbocycles. The van der Waals surface area contributed by atoms with E-state index in [0.717, 1.165) is 6.08 Å². The summed E-state index contributed by atoms with van der Waals surface area (Å²) < 4.78 is 37.6. The van der Waals surface area contributed by atoms with Gasteiger partial charge in [0.25, 0.3) is 0 Å². The van der Waals surface area contributed by atoms with Gasteiger partial charge in [-0.15, -0.1) is 0 Å². The van der Waals surface area contributed by atoms with Gasteiger partial charge in [0.05, 0.1) is 16.8 Å². The van der Waals surface area contributed by atoms with Crippen molar-refractivity contribution >= 4 is 23.1 Å². The fourth-order valence-corrected chi connectivity index (χ4v) is 1.38. The van der Waals surface area contributed by atoms with Crippen LogP contribution < -0.4 is 0 Å². The number of nitriles is 1. The molecular weight excluding hydrogens is 239 g/mol. The molecule has 0 bridgehead atoms. The lowest BCUT2D eigenvalue weighted by molar-refractivity contribution is -0.0865. The molecule has 2 atom stereocenters. The molecule has 0 saturated heterocycles. The van der Waals surface area contributed by atoms with Crippen LogP contribution in [0.4, 0.5) is 13.2 Å². The van der Waals surface area contributed by atoms with Crippen molar-refractivity contribution in [2.24, 2.45) is 9.98 Å². The first-order valence-electron chi connectivity index (χ1n) is 4.24. The topological polar surface area (TPSA) is 48.5 Å². The fourth-order valence-electron chi connectivity index (χ4n) is 1.26. The summed E-state index contributed by atoms with van der Waals surface area (Å²) >= 11 is 4.34. The molecule has 0 saturated carbocycles.